The van der Waals surface area contributed by atoms with E-state index in [-0.39, 0.29) is 17.3 Å². The molecule has 27 heavy (non-hydrogen) atoms. The number of halogens is 1. The Morgan fingerprint density at radius 1 is 1.19 bits per heavy atom. The minimum Gasteiger partial charge on any atom is -0.496 e. The first-order valence-electron chi connectivity index (χ1n) is 7.64. The van der Waals surface area contributed by atoms with E-state index in [2.05, 4.69) is 30.7 Å². The van der Waals surface area contributed by atoms with Crippen molar-refractivity contribution in [1.82, 2.24) is 10.3 Å². The van der Waals surface area contributed by atoms with Gasteiger partial charge in [-0.2, -0.15) is 0 Å². The molecule has 1 heterocycles. The highest BCUT2D eigenvalue weighted by Gasteiger charge is 2.21. The van der Waals surface area contributed by atoms with Gasteiger partial charge >= 0.3 is 0 Å². The largest absolute Gasteiger partial charge is 0.496 e. The maximum absolute atomic E-state index is 12.5. The summed E-state index contributed by atoms with van der Waals surface area (Å²) in [4.78, 5) is 12.5. The summed E-state index contributed by atoms with van der Waals surface area (Å²) < 4.78 is 9.85. The smallest absolute Gasteiger partial charge is 0.260 e. The summed E-state index contributed by atoms with van der Waals surface area (Å²) in [6, 6.07) is 13.4. The van der Waals surface area contributed by atoms with Gasteiger partial charge in [0.25, 0.3) is 5.91 Å². The molecule has 3 N–H and O–H groups in total. The van der Waals surface area contributed by atoms with Crippen molar-refractivity contribution in [3.63, 3.8) is 0 Å². The number of nitrogens with one attached hydrogen (secondary N) is 2. The third-order valence-corrected chi connectivity index (χ3v) is 3.72. The van der Waals surface area contributed by atoms with Gasteiger partial charge in [0.1, 0.15) is 5.75 Å². The monoisotopic (exact) mass is 387 g/mol. The van der Waals surface area contributed by atoms with Gasteiger partial charge in [-0.1, -0.05) is 35.0 Å². The lowest BCUT2D eigenvalue weighted by molar-refractivity contribution is 0.102. The third kappa shape index (κ3) is 4.15. The van der Waals surface area contributed by atoms with Crippen LogP contribution in [0.5, 0.6) is 5.75 Å². The van der Waals surface area contributed by atoms with Crippen molar-refractivity contribution in [2.24, 2.45) is 5.16 Å². The summed E-state index contributed by atoms with van der Waals surface area (Å²) in [7, 11) is 1.46. The molecule has 0 spiro atoms. The summed E-state index contributed by atoms with van der Waals surface area (Å²) in [6.07, 6.45) is 0. The van der Waals surface area contributed by atoms with Crippen LogP contribution in [0, 0.1) is 0 Å². The zero-order valence-corrected chi connectivity index (χ0v) is 14.8. The van der Waals surface area contributed by atoms with Crippen LogP contribution in [0.2, 0.25) is 5.02 Å². The minimum absolute atomic E-state index is 0.000670. The zero-order valence-electron chi connectivity index (χ0n) is 14.0. The molecule has 9 nitrogen and oxygen atoms in total. The van der Waals surface area contributed by atoms with Gasteiger partial charge in [-0.05, 0) is 40.6 Å². The van der Waals surface area contributed by atoms with Crippen LogP contribution in [0.15, 0.2) is 58.3 Å². The number of hydrogen-bond acceptors (Lipinski definition) is 7. The van der Waals surface area contributed by atoms with Crippen LogP contribution in [0.1, 0.15) is 16.1 Å². The molecule has 0 aliphatic rings. The first-order chi connectivity index (χ1) is 13.1. The summed E-state index contributed by atoms with van der Waals surface area (Å²) in [5.74, 6) is -0.229. The van der Waals surface area contributed by atoms with Crippen LogP contribution < -0.4 is 15.4 Å². The highest BCUT2D eigenvalue weighted by molar-refractivity contribution is 6.31. The van der Waals surface area contributed by atoms with E-state index in [0.29, 0.717) is 22.0 Å². The van der Waals surface area contributed by atoms with Crippen molar-refractivity contribution in [2.75, 3.05) is 17.7 Å². The fourth-order valence-corrected chi connectivity index (χ4v) is 2.46. The lowest BCUT2D eigenvalue weighted by Gasteiger charge is -2.09. The number of hydrogen-bond donors (Lipinski definition) is 3. The Kier molecular flexibility index (Phi) is 5.53. The maximum Gasteiger partial charge on any atom is 0.260 e. The summed E-state index contributed by atoms with van der Waals surface area (Å²) in [5.41, 5.74) is 0.834. The maximum atomic E-state index is 12.5. The van der Waals surface area contributed by atoms with Crippen LogP contribution in [0.25, 0.3) is 0 Å². The van der Waals surface area contributed by atoms with Crippen LogP contribution in [-0.4, -0.2) is 34.4 Å². The molecule has 0 atom stereocenters. The second-order valence-electron chi connectivity index (χ2n) is 5.20. The predicted molar refractivity (Wildman–Crippen MR) is 98.6 cm³/mol. The van der Waals surface area contributed by atoms with Gasteiger partial charge < -0.3 is 20.6 Å². The van der Waals surface area contributed by atoms with Crippen LogP contribution >= 0.6 is 11.6 Å². The first kappa shape index (κ1) is 18.2. The minimum atomic E-state index is -0.496. The number of carbonyl (C=O) groups is 1. The molecule has 1 amide bonds. The molecule has 0 bridgehead atoms. The summed E-state index contributed by atoms with van der Waals surface area (Å²) >= 11 is 5.94. The number of methoxy groups -OCH3 is 1. The molecule has 0 saturated carbocycles. The molecule has 0 fully saturated rings. The highest BCUT2D eigenvalue weighted by atomic mass is 35.5. The SMILES string of the molecule is COc1ccccc1C(=O)Nc1nonc1/C(=N\O)Nc1cccc(Cl)c1. The molecular formula is C17H14ClN5O4. The van der Waals surface area contributed by atoms with E-state index in [4.69, 9.17) is 16.3 Å². The first-order valence-corrected chi connectivity index (χ1v) is 8.02. The Labute approximate surface area is 158 Å². The van der Waals surface area contributed by atoms with Gasteiger partial charge in [0.15, 0.2) is 5.69 Å². The van der Waals surface area contributed by atoms with Crippen molar-refractivity contribution < 1.29 is 19.4 Å². The van der Waals surface area contributed by atoms with Crippen LogP contribution in [-0.2, 0) is 0 Å². The molecule has 0 unspecified atom stereocenters. The Morgan fingerprint density at radius 2 is 2.00 bits per heavy atom. The topological polar surface area (TPSA) is 122 Å². The average molecular weight is 388 g/mol. The van der Waals surface area contributed by atoms with Crippen molar-refractivity contribution in [3.8, 4) is 5.75 Å². The number of benzene rings is 2. The molecule has 3 aromatic rings. The molecule has 0 radical (unpaired) electrons. The number of aromatic nitrogens is 2. The molecule has 2 aromatic carbocycles. The standard InChI is InChI=1S/C17H14ClN5O4/c1-26-13-8-3-2-7-12(13)17(24)20-16-14(22-27-23-16)15(21-25)19-11-6-4-5-10(18)9-11/h2-9,25H,1H3,(H,19,21)(H,20,23,24). The second-order valence-corrected chi connectivity index (χ2v) is 5.64. The van der Waals surface area contributed by atoms with Crippen LogP contribution in [0.4, 0.5) is 11.5 Å². The van der Waals surface area contributed by atoms with E-state index in [0.717, 1.165) is 0 Å². The van der Waals surface area contributed by atoms with Crippen LogP contribution in [0.3, 0.4) is 0 Å². The van der Waals surface area contributed by atoms with E-state index in [9.17, 15) is 10.0 Å². The number of anilines is 2. The lowest BCUT2D eigenvalue weighted by Crippen LogP contribution is -2.19. The van der Waals surface area contributed by atoms with Crippen molar-refractivity contribution in [1.29, 1.82) is 0 Å². The number of ether oxygens (including phenoxy) is 1. The lowest BCUT2D eigenvalue weighted by atomic mass is 10.2. The number of rotatable bonds is 5. The number of carbonyl (C=O) groups excluding carboxylic acids is 1. The number of amidine groups is 1. The zero-order chi connectivity index (χ0) is 19.2. The molecule has 0 saturated heterocycles. The Balaban J connectivity index is 1.83. The Hall–Kier alpha value is -3.59. The van der Waals surface area contributed by atoms with E-state index < -0.39 is 5.91 Å². The molecule has 138 valence electrons. The Morgan fingerprint density at radius 3 is 2.74 bits per heavy atom. The third-order valence-electron chi connectivity index (χ3n) is 3.48. The number of amides is 1. The van der Waals surface area contributed by atoms with E-state index in [1.54, 1.807) is 48.5 Å². The van der Waals surface area contributed by atoms with Gasteiger partial charge in [0.2, 0.25) is 11.7 Å². The normalized spacial score (nSPS) is 11.1. The van der Waals surface area contributed by atoms with E-state index in [1.807, 2.05) is 0 Å². The fourth-order valence-electron chi connectivity index (χ4n) is 2.27. The molecular weight excluding hydrogens is 374 g/mol. The number of nitrogens with zero attached hydrogens (tertiary/aromatic N) is 3. The average Bonchev–Trinajstić information content (AvgIpc) is 3.14. The molecule has 1 aromatic heterocycles. The summed E-state index contributed by atoms with van der Waals surface area (Å²) in [6.45, 7) is 0. The van der Waals surface area contributed by atoms with Crippen molar-refractivity contribution >= 4 is 34.8 Å². The molecule has 0 aliphatic carbocycles. The van der Waals surface area contributed by atoms with Gasteiger partial charge in [0.05, 0.1) is 12.7 Å². The van der Waals surface area contributed by atoms with Gasteiger partial charge in [-0.15, -0.1) is 0 Å². The van der Waals surface area contributed by atoms with E-state index in [1.165, 1.54) is 7.11 Å². The van der Waals surface area contributed by atoms with Crippen molar-refractivity contribution in [2.45, 2.75) is 0 Å². The van der Waals surface area contributed by atoms with E-state index >= 15 is 0 Å². The molecule has 3 rings (SSSR count). The molecule has 0 aliphatic heterocycles. The summed E-state index contributed by atoms with van der Waals surface area (Å²) in [5, 5.41) is 25.7. The number of oxime groups is 1. The second kappa shape index (κ2) is 8.19. The molecule has 10 heteroatoms. The predicted octanol–water partition coefficient (Wildman–Crippen LogP) is 3.23. The fraction of sp³-hybridized carbons (Fsp3) is 0.0588. The Bertz CT molecular complexity index is 989. The number of para-hydroxylation sites is 1. The van der Waals surface area contributed by atoms with Crippen molar-refractivity contribution in [3.05, 3.63) is 64.8 Å². The quantitative estimate of drug-likeness (QED) is 0.266. The van der Waals surface area contributed by atoms with Gasteiger partial charge in [0, 0.05) is 10.7 Å². The highest BCUT2D eigenvalue weighted by Crippen LogP contribution is 2.21. The van der Waals surface area contributed by atoms with Gasteiger partial charge in [-0.3, -0.25) is 4.79 Å². The van der Waals surface area contributed by atoms with Gasteiger partial charge in [-0.25, -0.2) is 4.63 Å².